The summed E-state index contributed by atoms with van der Waals surface area (Å²) in [6.07, 6.45) is 0.576. The molecule has 0 unspecified atom stereocenters. The molecule has 3 rings (SSSR count). The summed E-state index contributed by atoms with van der Waals surface area (Å²) in [6.45, 7) is 2.27. The molecule has 0 aliphatic carbocycles. The molecule has 0 saturated carbocycles. The van der Waals surface area contributed by atoms with Crippen LogP contribution in [-0.2, 0) is 21.2 Å². The number of fused-ring (bicyclic) bond motifs is 1. The van der Waals surface area contributed by atoms with Gasteiger partial charge in [-0.15, -0.1) is 11.3 Å². The first-order valence-corrected chi connectivity index (χ1v) is 10.3. The van der Waals surface area contributed by atoms with Crippen LogP contribution < -0.4 is 14.9 Å². The van der Waals surface area contributed by atoms with Crippen LogP contribution in [0, 0.1) is 6.92 Å². The molecule has 2 aromatic rings. The molecular formula is C17H19N3O4S2. The minimum Gasteiger partial charge on any atom is -0.342 e. The first kappa shape index (κ1) is 18.6. The zero-order valence-electron chi connectivity index (χ0n) is 14.4. The fraction of sp³-hybridized carbons (Fsp3) is 0.294. The predicted molar refractivity (Wildman–Crippen MR) is 100 cm³/mol. The molecule has 0 atom stereocenters. The molecule has 9 heteroatoms. The van der Waals surface area contributed by atoms with Gasteiger partial charge in [0.25, 0.3) is 5.91 Å². The van der Waals surface area contributed by atoms with E-state index in [-0.39, 0.29) is 23.3 Å². The first-order valence-electron chi connectivity index (χ1n) is 8.03. The Morgan fingerprint density at radius 3 is 2.65 bits per heavy atom. The first-order chi connectivity index (χ1) is 12.3. The Morgan fingerprint density at radius 2 is 2.00 bits per heavy atom. The number of amides is 2. The molecule has 1 aromatic carbocycles. The number of thiophene rings is 1. The van der Waals surface area contributed by atoms with Gasteiger partial charge in [0.05, 0.1) is 16.3 Å². The molecule has 1 aliphatic heterocycles. The maximum absolute atomic E-state index is 12.5. The van der Waals surface area contributed by atoms with Gasteiger partial charge in [0.15, 0.2) is 0 Å². The lowest BCUT2D eigenvalue weighted by atomic mass is 10.2. The highest BCUT2D eigenvalue weighted by Gasteiger charge is 2.26. The Kier molecular flexibility index (Phi) is 5.12. The highest BCUT2D eigenvalue weighted by molar-refractivity contribution is 7.89. The maximum atomic E-state index is 12.5. The number of carbonyl (C=O) groups is 2. The third-order valence-corrected chi connectivity index (χ3v) is 6.60. The van der Waals surface area contributed by atoms with Gasteiger partial charge in [0.1, 0.15) is 0 Å². The number of benzene rings is 1. The zero-order chi connectivity index (χ0) is 18.9. The van der Waals surface area contributed by atoms with Crippen molar-refractivity contribution in [3.05, 3.63) is 45.6 Å². The summed E-state index contributed by atoms with van der Waals surface area (Å²) in [5.41, 5.74) is 1.49. The Bertz CT molecular complexity index is 966. The van der Waals surface area contributed by atoms with E-state index >= 15 is 0 Å². The fourth-order valence-corrected chi connectivity index (χ4v) is 4.38. The van der Waals surface area contributed by atoms with E-state index in [1.165, 1.54) is 24.5 Å². The molecule has 138 valence electrons. The number of nitrogens with one attached hydrogen (secondary N) is 2. The number of anilines is 1. The zero-order valence-corrected chi connectivity index (χ0v) is 16.0. The van der Waals surface area contributed by atoms with Crippen molar-refractivity contribution in [2.75, 3.05) is 25.0 Å². The van der Waals surface area contributed by atoms with Crippen molar-refractivity contribution >= 4 is 38.9 Å². The van der Waals surface area contributed by atoms with Gasteiger partial charge in [-0.05, 0) is 56.3 Å². The van der Waals surface area contributed by atoms with E-state index in [0.717, 1.165) is 10.4 Å². The maximum Gasteiger partial charge on any atom is 0.261 e. The molecule has 7 nitrogen and oxygen atoms in total. The summed E-state index contributed by atoms with van der Waals surface area (Å²) in [5, 5.41) is 2.64. The van der Waals surface area contributed by atoms with Crippen molar-refractivity contribution in [2.45, 2.75) is 18.2 Å². The molecule has 1 aromatic heterocycles. The summed E-state index contributed by atoms with van der Waals surface area (Å²) in [7, 11) is -2.16. The van der Waals surface area contributed by atoms with E-state index < -0.39 is 10.0 Å². The summed E-state index contributed by atoms with van der Waals surface area (Å²) in [4.78, 5) is 27.9. The van der Waals surface area contributed by atoms with Crippen LogP contribution in [0.25, 0.3) is 0 Å². The Labute approximate surface area is 156 Å². The lowest BCUT2D eigenvalue weighted by Gasteiger charge is -2.18. The van der Waals surface area contributed by atoms with Gasteiger partial charge in [-0.2, -0.15) is 0 Å². The van der Waals surface area contributed by atoms with E-state index in [4.69, 9.17) is 0 Å². The molecule has 1 aliphatic rings. The SMILES string of the molecule is CNS(=O)(=O)c1ccc2c(c1)CCN2C(=O)CNC(=O)c1ccc(C)s1. The second-order valence-electron chi connectivity index (χ2n) is 5.89. The van der Waals surface area contributed by atoms with Crippen LogP contribution in [0.15, 0.2) is 35.2 Å². The molecular weight excluding hydrogens is 374 g/mol. The molecule has 0 fully saturated rings. The van der Waals surface area contributed by atoms with Crippen LogP contribution in [0.2, 0.25) is 0 Å². The smallest absolute Gasteiger partial charge is 0.261 e. The highest BCUT2D eigenvalue weighted by atomic mass is 32.2. The van der Waals surface area contributed by atoms with Crippen molar-refractivity contribution in [1.82, 2.24) is 10.0 Å². The standard InChI is InChI=1S/C17H19N3O4S2/c1-11-3-6-15(25-11)17(22)19-10-16(21)20-8-7-12-9-13(4-5-14(12)20)26(23,24)18-2/h3-6,9,18H,7-8,10H2,1-2H3,(H,19,22). The highest BCUT2D eigenvalue weighted by Crippen LogP contribution is 2.30. The van der Waals surface area contributed by atoms with Crippen LogP contribution >= 0.6 is 11.3 Å². The van der Waals surface area contributed by atoms with Crippen LogP contribution in [-0.4, -0.2) is 40.4 Å². The molecule has 26 heavy (non-hydrogen) atoms. The second kappa shape index (κ2) is 7.18. The monoisotopic (exact) mass is 393 g/mol. The van der Waals surface area contributed by atoms with E-state index in [0.29, 0.717) is 23.5 Å². The summed E-state index contributed by atoms with van der Waals surface area (Å²) in [6, 6.07) is 8.28. The molecule has 0 spiro atoms. The largest absolute Gasteiger partial charge is 0.342 e. The van der Waals surface area contributed by atoms with Gasteiger partial charge >= 0.3 is 0 Å². The number of nitrogens with zero attached hydrogens (tertiary/aromatic N) is 1. The third kappa shape index (κ3) is 3.64. The van der Waals surface area contributed by atoms with Crippen molar-refractivity contribution < 1.29 is 18.0 Å². The molecule has 0 bridgehead atoms. The average molecular weight is 393 g/mol. The van der Waals surface area contributed by atoms with Gasteiger partial charge in [-0.3, -0.25) is 9.59 Å². The van der Waals surface area contributed by atoms with Crippen molar-refractivity contribution in [3.8, 4) is 0 Å². The summed E-state index contributed by atoms with van der Waals surface area (Å²) < 4.78 is 26.1. The number of aryl methyl sites for hydroxylation is 1. The number of hydrogen-bond acceptors (Lipinski definition) is 5. The Morgan fingerprint density at radius 1 is 1.23 bits per heavy atom. The number of hydrogen-bond donors (Lipinski definition) is 2. The number of rotatable bonds is 5. The van der Waals surface area contributed by atoms with Crippen molar-refractivity contribution in [1.29, 1.82) is 0 Å². The van der Waals surface area contributed by atoms with E-state index in [9.17, 15) is 18.0 Å². The van der Waals surface area contributed by atoms with Gasteiger partial charge in [0, 0.05) is 17.1 Å². The van der Waals surface area contributed by atoms with Crippen LogP contribution in [0.5, 0.6) is 0 Å². The Balaban J connectivity index is 1.69. The van der Waals surface area contributed by atoms with Crippen molar-refractivity contribution in [2.24, 2.45) is 0 Å². The normalized spacial score (nSPS) is 13.5. The molecule has 0 saturated heterocycles. The average Bonchev–Trinajstić information content (AvgIpc) is 3.25. The van der Waals surface area contributed by atoms with Gasteiger partial charge in [-0.1, -0.05) is 0 Å². The van der Waals surface area contributed by atoms with Gasteiger partial charge < -0.3 is 10.2 Å². The fourth-order valence-electron chi connectivity index (χ4n) is 2.82. The lowest BCUT2D eigenvalue weighted by molar-refractivity contribution is -0.117. The van der Waals surface area contributed by atoms with Gasteiger partial charge in [-0.25, -0.2) is 13.1 Å². The minimum absolute atomic E-state index is 0.105. The van der Waals surface area contributed by atoms with E-state index in [2.05, 4.69) is 10.0 Å². The molecule has 2 N–H and O–H groups in total. The minimum atomic E-state index is -3.52. The predicted octanol–water partition coefficient (Wildman–Crippen LogP) is 1.28. The third-order valence-electron chi connectivity index (χ3n) is 4.19. The summed E-state index contributed by atoms with van der Waals surface area (Å²) >= 11 is 1.37. The van der Waals surface area contributed by atoms with Crippen LogP contribution in [0.4, 0.5) is 5.69 Å². The van der Waals surface area contributed by atoms with Gasteiger partial charge in [0.2, 0.25) is 15.9 Å². The molecule has 2 heterocycles. The second-order valence-corrected chi connectivity index (χ2v) is 9.06. The Hall–Kier alpha value is -2.23. The topological polar surface area (TPSA) is 95.6 Å². The molecule has 2 amide bonds. The summed E-state index contributed by atoms with van der Waals surface area (Å²) in [5.74, 6) is -0.499. The quantitative estimate of drug-likeness (QED) is 0.800. The molecule has 0 radical (unpaired) electrons. The van der Waals surface area contributed by atoms with Crippen molar-refractivity contribution in [3.63, 3.8) is 0 Å². The van der Waals surface area contributed by atoms with E-state index in [1.807, 2.05) is 13.0 Å². The number of carbonyl (C=O) groups excluding carboxylic acids is 2. The van der Waals surface area contributed by atoms with Crippen LogP contribution in [0.3, 0.4) is 0 Å². The number of sulfonamides is 1. The van der Waals surface area contributed by atoms with E-state index in [1.54, 1.807) is 23.1 Å². The lowest BCUT2D eigenvalue weighted by Crippen LogP contribution is -2.39. The van der Waals surface area contributed by atoms with Crippen LogP contribution in [0.1, 0.15) is 20.1 Å².